The Bertz CT molecular complexity index is 683. The summed E-state index contributed by atoms with van der Waals surface area (Å²) in [6.07, 6.45) is 0.750. The number of amides is 1. The Hall–Kier alpha value is -3.02. The predicted octanol–water partition coefficient (Wildman–Crippen LogP) is 1.51. The number of hydrogen-bond donors (Lipinski definition) is 3. The third-order valence-electron chi connectivity index (χ3n) is 2.49. The fourth-order valence-corrected chi connectivity index (χ4v) is 1.27. The molecule has 0 saturated heterocycles. The normalized spacial score (nSPS) is 12.2. The highest BCUT2D eigenvalue weighted by atomic mass is 19.2. The number of nitrogens with zero attached hydrogens (tertiary/aromatic N) is 1. The van der Waals surface area contributed by atoms with Crippen LogP contribution in [0.15, 0.2) is 23.9 Å². The first-order chi connectivity index (χ1) is 10.3. The topological polar surface area (TPSA) is 102 Å². The highest BCUT2D eigenvalue weighted by Gasteiger charge is 2.18. The number of rotatable bonds is 5. The SMILES string of the molecule is CC(NC(=O)/C(C#N)=C\Nc1ccc(F)c(F)c1F)C(=O)O. The van der Waals surface area contributed by atoms with Crippen LogP contribution < -0.4 is 10.6 Å². The molecule has 1 rings (SSSR count). The second-order valence-corrected chi connectivity index (χ2v) is 4.07. The number of carboxylic acid groups (broad SMARTS) is 1. The minimum Gasteiger partial charge on any atom is -0.480 e. The van der Waals surface area contributed by atoms with Crippen molar-refractivity contribution in [2.45, 2.75) is 13.0 Å². The summed E-state index contributed by atoms with van der Waals surface area (Å²) in [7, 11) is 0. The summed E-state index contributed by atoms with van der Waals surface area (Å²) in [5, 5.41) is 21.6. The van der Waals surface area contributed by atoms with Crippen molar-refractivity contribution in [3.05, 3.63) is 41.4 Å². The summed E-state index contributed by atoms with van der Waals surface area (Å²) in [5.74, 6) is -6.95. The molecule has 116 valence electrons. The van der Waals surface area contributed by atoms with Gasteiger partial charge in [0.05, 0.1) is 5.69 Å². The molecule has 0 aromatic heterocycles. The summed E-state index contributed by atoms with van der Waals surface area (Å²) >= 11 is 0. The van der Waals surface area contributed by atoms with Crippen molar-refractivity contribution in [2.75, 3.05) is 5.32 Å². The molecular weight excluding hydrogens is 303 g/mol. The van der Waals surface area contributed by atoms with E-state index in [1.54, 1.807) is 0 Å². The molecule has 0 aliphatic carbocycles. The van der Waals surface area contributed by atoms with Crippen LogP contribution in [-0.2, 0) is 9.59 Å². The Morgan fingerprint density at radius 2 is 1.95 bits per heavy atom. The number of aliphatic carboxylic acids is 1. The quantitative estimate of drug-likeness (QED) is 0.434. The molecule has 0 heterocycles. The smallest absolute Gasteiger partial charge is 0.325 e. The van der Waals surface area contributed by atoms with Gasteiger partial charge in [-0.25, -0.2) is 13.2 Å². The third-order valence-corrected chi connectivity index (χ3v) is 2.49. The number of hydrogen-bond acceptors (Lipinski definition) is 4. The second-order valence-electron chi connectivity index (χ2n) is 4.07. The van der Waals surface area contributed by atoms with Crippen LogP contribution in [0.3, 0.4) is 0 Å². The van der Waals surface area contributed by atoms with Gasteiger partial charge in [0.25, 0.3) is 5.91 Å². The van der Waals surface area contributed by atoms with Crippen LogP contribution in [-0.4, -0.2) is 23.0 Å². The molecule has 0 bridgehead atoms. The Kier molecular flexibility index (Phi) is 5.51. The van der Waals surface area contributed by atoms with E-state index >= 15 is 0 Å². The minimum atomic E-state index is -1.71. The number of carboxylic acids is 1. The van der Waals surface area contributed by atoms with E-state index in [1.807, 2.05) is 5.32 Å². The summed E-state index contributed by atoms with van der Waals surface area (Å²) in [6, 6.07) is 1.75. The van der Waals surface area contributed by atoms with E-state index in [2.05, 4.69) is 5.32 Å². The molecule has 0 saturated carbocycles. The van der Waals surface area contributed by atoms with Crippen molar-refractivity contribution < 1.29 is 27.9 Å². The molecule has 0 fully saturated rings. The van der Waals surface area contributed by atoms with E-state index < -0.39 is 46.6 Å². The van der Waals surface area contributed by atoms with Gasteiger partial charge in [-0.2, -0.15) is 5.26 Å². The number of anilines is 1. The molecule has 0 radical (unpaired) electrons. The van der Waals surface area contributed by atoms with Crippen molar-refractivity contribution >= 4 is 17.6 Å². The first-order valence-electron chi connectivity index (χ1n) is 5.82. The molecular formula is C13H10F3N3O3. The molecule has 1 unspecified atom stereocenters. The molecule has 1 aromatic rings. The van der Waals surface area contributed by atoms with Gasteiger partial charge in [0.15, 0.2) is 17.5 Å². The molecule has 6 nitrogen and oxygen atoms in total. The number of nitriles is 1. The van der Waals surface area contributed by atoms with Crippen molar-refractivity contribution in [1.82, 2.24) is 5.32 Å². The number of carbonyl (C=O) groups is 2. The first-order valence-corrected chi connectivity index (χ1v) is 5.82. The third kappa shape index (κ3) is 3.99. The lowest BCUT2D eigenvalue weighted by molar-refractivity contribution is -0.140. The van der Waals surface area contributed by atoms with Crippen LogP contribution in [0.2, 0.25) is 0 Å². The highest BCUT2D eigenvalue weighted by molar-refractivity contribution is 5.99. The van der Waals surface area contributed by atoms with Crippen molar-refractivity contribution in [3.8, 4) is 6.07 Å². The molecule has 0 aliphatic heterocycles. The van der Waals surface area contributed by atoms with Gasteiger partial charge >= 0.3 is 5.97 Å². The van der Waals surface area contributed by atoms with Gasteiger partial charge in [0.2, 0.25) is 0 Å². The maximum Gasteiger partial charge on any atom is 0.325 e. The van der Waals surface area contributed by atoms with Crippen molar-refractivity contribution in [2.24, 2.45) is 0 Å². The monoisotopic (exact) mass is 313 g/mol. The van der Waals surface area contributed by atoms with Crippen molar-refractivity contribution in [1.29, 1.82) is 5.26 Å². The lowest BCUT2D eigenvalue weighted by Crippen LogP contribution is -2.39. The average molecular weight is 313 g/mol. The number of benzene rings is 1. The Morgan fingerprint density at radius 1 is 1.32 bits per heavy atom. The van der Waals surface area contributed by atoms with Crippen LogP contribution in [0.5, 0.6) is 0 Å². The second kappa shape index (κ2) is 7.12. The van der Waals surface area contributed by atoms with Crippen LogP contribution in [0.1, 0.15) is 6.92 Å². The number of nitrogens with one attached hydrogen (secondary N) is 2. The molecule has 0 aliphatic rings. The molecule has 0 spiro atoms. The van der Waals surface area contributed by atoms with E-state index in [0.29, 0.717) is 6.07 Å². The van der Waals surface area contributed by atoms with Gasteiger partial charge in [-0.05, 0) is 19.1 Å². The van der Waals surface area contributed by atoms with Gasteiger partial charge in [0.1, 0.15) is 17.7 Å². The summed E-state index contributed by atoms with van der Waals surface area (Å²) in [4.78, 5) is 22.2. The maximum atomic E-state index is 13.4. The lowest BCUT2D eigenvalue weighted by Gasteiger charge is -2.09. The first kappa shape index (κ1) is 17.0. The number of halogens is 3. The largest absolute Gasteiger partial charge is 0.480 e. The Labute approximate surface area is 122 Å². The summed E-state index contributed by atoms with van der Waals surface area (Å²) < 4.78 is 39.1. The summed E-state index contributed by atoms with van der Waals surface area (Å²) in [6.45, 7) is 1.18. The minimum absolute atomic E-state index is 0.495. The van der Waals surface area contributed by atoms with Gasteiger partial charge in [-0.3, -0.25) is 9.59 Å². The van der Waals surface area contributed by atoms with Crippen LogP contribution >= 0.6 is 0 Å². The fraction of sp³-hybridized carbons (Fsp3) is 0.154. The molecule has 9 heteroatoms. The lowest BCUT2D eigenvalue weighted by atomic mass is 10.2. The maximum absolute atomic E-state index is 13.4. The molecule has 1 atom stereocenters. The average Bonchev–Trinajstić information content (AvgIpc) is 2.47. The standard InChI is InChI=1S/C13H10F3N3O3/c1-6(13(21)22)19-12(20)7(4-17)5-18-9-3-2-8(14)10(15)11(9)16/h2-3,5-6,18H,1H3,(H,19,20)(H,21,22)/b7-5-. The van der Waals surface area contributed by atoms with E-state index in [9.17, 15) is 22.8 Å². The predicted molar refractivity (Wildman–Crippen MR) is 68.9 cm³/mol. The van der Waals surface area contributed by atoms with Crippen molar-refractivity contribution in [3.63, 3.8) is 0 Å². The zero-order valence-corrected chi connectivity index (χ0v) is 11.2. The van der Waals surface area contributed by atoms with Crippen LogP contribution in [0.25, 0.3) is 0 Å². The van der Waals surface area contributed by atoms with Gasteiger partial charge < -0.3 is 15.7 Å². The molecule has 1 amide bonds. The van der Waals surface area contributed by atoms with E-state index in [-0.39, 0.29) is 0 Å². The summed E-state index contributed by atoms with van der Waals surface area (Å²) in [5.41, 5.74) is -1.07. The van der Waals surface area contributed by atoms with Crippen LogP contribution in [0.4, 0.5) is 18.9 Å². The van der Waals surface area contributed by atoms with E-state index in [1.165, 1.54) is 13.0 Å². The molecule has 22 heavy (non-hydrogen) atoms. The van der Waals surface area contributed by atoms with E-state index in [0.717, 1.165) is 12.3 Å². The highest BCUT2D eigenvalue weighted by Crippen LogP contribution is 2.19. The Balaban J connectivity index is 2.91. The van der Waals surface area contributed by atoms with E-state index in [4.69, 9.17) is 10.4 Å². The van der Waals surface area contributed by atoms with Gasteiger partial charge in [0, 0.05) is 6.20 Å². The van der Waals surface area contributed by atoms with Gasteiger partial charge in [-0.1, -0.05) is 0 Å². The zero-order valence-electron chi connectivity index (χ0n) is 11.2. The van der Waals surface area contributed by atoms with Gasteiger partial charge in [-0.15, -0.1) is 0 Å². The van der Waals surface area contributed by atoms with Crippen LogP contribution in [0, 0.1) is 28.8 Å². The molecule has 1 aromatic carbocycles. The Morgan fingerprint density at radius 3 is 2.50 bits per heavy atom. The molecule has 3 N–H and O–H groups in total. The fourth-order valence-electron chi connectivity index (χ4n) is 1.27. The zero-order chi connectivity index (χ0) is 16.9. The number of carbonyl (C=O) groups excluding carboxylic acids is 1.